The predicted molar refractivity (Wildman–Crippen MR) is 55.1 cm³/mol. The van der Waals surface area contributed by atoms with E-state index < -0.39 is 6.10 Å². The standard InChI is InChI=1S/C9H16N2OS/c1-6(2)9-11-5-8(13-9)7(12)4-10-3/h5-7,10,12H,4H2,1-3H3. The summed E-state index contributed by atoms with van der Waals surface area (Å²) >= 11 is 1.59. The van der Waals surface area contributed by atoms with Gasteiger partial charge in [-0.15, -0.1) is 11.3 Å². The minimum Gasteiger partial charge on any atom is -0.386 e. The third kappa shape index (κ3) is 2.76. The van der Waals surface area contributed by atoms with Gasteiger partial charge in [-0.1, -0.05) is 13.8 Å². The van der Waals surface area contributed by atoms with Crippen LogP contribution in [-0.4, -0.2) is 23.7 Å². The molecular formula is C9H16N2OS. The second-order valence-electron chi connectivity index (χ2n) is 3.33. The Morgan fingerprint density at radius 3 is 2.77 bits per heavy atom. The Morgan fingerprint density at radius 2 is 2.31 bits per heavy atom. The van der Waals surface area contributed by atoms with Crippen LogP contribution in [0.15, 0.2) is 6.20 Å². The average Bonchev–Trinajstić information content (AvgIpc) is 2.52. The van der Waals surface area contributed by atoms with Crippen LogP contribution >= 0.6 is 11.3 Å². The first kappa shape index (κ1) is 10.6. The van der Waals surface area contributed by atoms with Gasteiger partial charge in [-0.3, -0.25) is 0 Å². The van der Waals surface area contributed by atoms with Gasteiger partial charge in [-0.25, -0.2) is 4.98 Å². The quantitative estimate of drug-likeness (QED) is 0.774. The minimum atomic E-state index is -0.421. The molecule has 0 aliphatic carbocycles. The first-order valence-electron chi connectivity index (χ1n) is 4.43. The molecule has 0 aliphatic rings. The molecule has 1 aromatic rings. The lowest BCUT2D eigenvalue weighted by atomic mass is 10.2. The predicted octanol–water partition coefficient (Wildman–Crippen LogP) is 1.52. The number of aliphatic hydroxyl groups excluding tert-OH is 1. The van der Waals surface area contributed by atoms with Crippen molar-refractivity contribution in [3.8, 4) is 0 Å². The van der Waals surface area contributed by atoms with Crippen molar-refractivity contribution in [2.75, 3.05) is 13.6 Å². The summed E-state index contributed by atoms with van der Waals surface area (Å²) in [7, 11) is 1.83. The van der Waals surface area contributed by atoms with E-state index in [1.807, 2.05) is 7.05 Å². The van der Waals surface area contributed by atoms with Crippen LogP contribution in [0.4, 0.5) is 0 Å². The molecule has 0 spiro atoms. The van der Waals surface area contributed by atoms with E-state index in [2.05, 4.69) is 24.1 Å². The molecule has 3 nitrogen and oxygen atoms in total. The van der Waals surface area contributed by atoms with Crippen molar-refractivity contribution >= 4 is 11.3 Å². The Balaban J connectivity index is 2.67. The van der Waals surface area contributed by atoms with E-state index in [1.165, 1.54) is 0 Å². The van der Waals surface area contributed by atoms with Crippen LogP contribution in [0, 0.1) is 0 Å². The van der Waals surface area contributed by atoms with Crippen LogP contribution in [0.5, 0.6) is 0 Å². The zero-order chi connectivity index (χ0) is 9.84. The highest BCUT2D eigenvalue weighted by atomic mass is 32.1. The van der Waals surface area contributed by atoms with Crippen LogP contribution in [0.25, 0.3) is 0 Å². The second-order valence-corrected chi connectivity index (χ2v) is 4.42. The number of nitrogens with one attached hydrogen (secondary N) is 1. The van der Waals surface area contributed by atoms with E-state index in [-0.39, 0.29) is 0 Å². The number of nitrogens with zero attached hydrogens (tertiary/aromatic N) is 1. The lowest BCUT2D eigenvalue weighted by Gasteiger charge is -2.05. The van der Waals surface area contributed by atoms with Crippen LogP contribution in [0.2, 0.25) is 0 Å². The van der Waals surface area contributed by atoms with Crippen molar-refractivity contribution in [1.29, 1.82) is 0 Å². The molecule has 1 rings (SSSR count). The topological polar surface area (TPSA) is 45.1 Å². The number of aromatic nitrogens is 1. The molecule has 1 unspecified atom stereocenters. The molecule has 1 aromatic heterocycles. The molecule has 0 aliphatic heterocycles. The third-order valence-corrected chi connectivity index (χ3v) is 3.16. The Labute approximate surface area is 82.8 Å². The lowest BCUT2D eigenvalue weighted by Crippen LogP contribution is -2.15. The number of aliphatic hydroxyl groups is 1. The molecule has 1 atom stereocenters. The van der Waals surface area contributed by atoms with E-state index in [0.717, 1.165) is 9.88 Å². The van der Waals surface area contributed by atoms with Crippen molar-refractivity contribution in [3.63, 3.8) is 0 Å². The molecule has 2 N–H and O–H groups in total. The zero-order valence-electron chi connectivity index (χ0n) is 8.24. The normalized spacial score (nSPS) is 13.6. The van der Waals surface area contributed by atoms with Gasteiger partial charge in [0, 0.05) is 18.7 Å². The van der Waals surface area contributed by atoms with Gasteiger partial charge in [0.2, 0.25) is 0 Å². The maximum atomic E-state index is 9.62. The first-order chi connectivity index (χ1) is 6.15. The van der Waals surface area contributed by atoms with Gasteiger partial charge in [-0.05, 0) is 7.05 Å². The maximum absolute atomic E-state index is 9.62. The number of thiazole rings is 1. The Morgan fingerprint density at radius 1 is 1.62 bits per heavy atom. The van der Waals surface area contributed by atoms with Crippen LogP contribution < -0.4 is 5.32 Å². The molecule has 13 heavy (non-hydrogen) atoms. The highest BCUT2D eigenvalue weighted by Gasteiger charge is 2.11. The number of rotatable bonds is 4. The fourth-order valence-electron chi connectivity index (χ4n) is 1.02. The summed E-state index contributed by atoms with van der Waals surface area (Å²) in [6.45, 7) is 4.79. The smallest absolute Gasteiger partial charge is 0.102 e. The Bertz CT molecular complexity index is 260. The molecule has 0 saturated carbocycles. The Hall–Kier alpha value is -0.450. The molecule has 4 heteroatoms. The summed E-state index contributed by atoms with van der Waals surface area (Å²) < 4.78 is 0. The SMILES string of the molecule is CNCC(O)c1cnc(C(C)C)s1. The molecule has 0 fully saturated rings. The van der Waals surface area contributed by atoms with Gasteiger partial charge in [0.05, 0.1) is 9.88 Å². The zero-order valence-corrected chi connectivity index (χ0v) is 9.06. The molecule has 0 amide bonds. The van der Waals surface area contributed by atoms with Gasteiger partial charge in [0.25, 0.3) is 0 Å². The van der Waals surface area contributed by atoms with Gasteiger partial charge >= 0.3 is 0 Å². The molecule has 1 heterocycles. The summed E-state index contributed by atoms with van der Waals surface area (Å²) in [5, 5.41) is 13.6. The van der Waals surface area contributed by atoms with E-state index in [0.29, 0.717) is 12.5 Å². The van der Waals surface area contributed by atoms with E-state index in [4.69, 9.17) is 0 Å². The molecular weight excluding hydrogens is 184 g/mol. The fraction of sp³-hybridized carbons (Fsp3) is 0.667. The minimum absolute atomic E-state index is 0.421. The first-order valence-corrected chi connectivity index (χ1v) is 5.25. The summed E-state index contributed by atoms with van der Waals surface area (Å²) in [5.74, 6) is 0.445. The van der Waals surface area contributed by atoms with Crippen LogP contribution in [-0.2, 0) is 0 Å². The Kier molecular flexibility index (Phi) is 3.84. The number of hydrogen-bond acceptors (Lipinski definition) is 4. The van der Waals surface area contributed by atoms with Gasteiger partial charge in [0.1, 0.15) is 6.10 Å². The van der Waals surface area contributed by atoms with Crippen molar-refractivity contribution in [2.24, 2.45) is 0 Å². The highest BCUT2D eigenvalue weighted by molar-refractivity contribution is 7.11. The van der Waals surface area contributed by atoms with Gasteiger partial charge in [-0.2, -0.15) is 0 Å². The van der Waals surface area contributed by atoms with Crippen molar-refractivity contribution in [1.82, 2.24) is 10.3 Å². The van der Waals surface area contributed by atoms with E-state index in [1.54, 1.807) is 17.5 Å². The summed E-state index contributed by atoms with van der Waals surface area (Å²) in [4.78, 5) is 5.19. The van der Waals surface area contributed by atoms with Crippen molar-refractivity contribution < 1.29 is 5.11 Å². The molecule has 0 saturated heterocycles. The van der Waals surface area contributed by atoms with Crippen molar-refractivity contribution in [2.45, 2.75) is 25.9 Å². The molecule has 0 bridgehead atoms. The molecule has 74 valence electrons. The van der Waals surface area contributed by atoms with Crippen molar-refractivity contribution in [3.05, 3.63) is 16.1 Å². The largest absolute Gasteiger partial charge is 0.386 e. The van der Waals surface area contributed by atoms with E-state index in [9.17, 15) is 5.11 Å². The number of likely N-dealkylation sites (N-methyl/N-ethyl adjacent to an activating group) is 1. The van der Waals surface area contributed by atoms with Gasteiger partial charge in [0.15, 0.2) is 0 Å². The summed E-state index contributed by atoms with van der Waals surface area (Å²) in [6.07, 6.45) is 1.34. The fourth-order valence-corrected chi connectivity index (χ4v) is 1.92. The molecule has 0 aromatic carbocycles. The third-order valence-electron chi connectivity index (χ3n) is 1.76. The van der Waals surface area contributed by atoms with Crippen LogP contribution in [0.1, 0.15) is 35.8 Å². The summed E-state index contributed by atoms with van der Waals surface area (Å²) in [6, 6.07) is 0. The number of hydrogen-bond donors (Lipinski definition) is 2. The highest BCUT2D eigenvalue weighted by Crippen LogP contribution is 2.25. The lowest BCUT2D eigenvalue weighted by molar-refractivity contribution is 0.181. The van der Waals surface area contributed by atoms with Crippen LogP contribution in [0.3, 0.4) is 0 Å². The maximum Gasteiger partial charge on any atom is 0.102 e. The summed E-state index contributed by atoms with van der Waals surface area (Å²) in [5.41, 5.74) is 0. The second kappa shape index (κ2) is 4.69. The monoisotopic (exact) mass is 200 g/mol. The van der Waals surface area contributed by atoms with Gasteiger partial charge < -0.3 is 10.4 Å². The average molecular weight is 200 g/mol. The molecule has 0 radical (unpaired) electrons. The van der Waals surface area contributed by atoms with E-state index >= 15 is 0 Å².